The fraction of sp³-hybridized carbons (Fsp3) is 0.455. The number of imidazole rings is 1. The molecule has 2 aromatic rings. The van der Waals surface area contributed by atoms with Crippen LogP contribution in [0.4, 0.5) is 0 Å². The van der Waals surface area contributed by atoms with E-state index in [1.807, 2.05) is 20.8 Å². The normalized spacial score (nSPS) is 10.9. The number of aryl methyl sites for hydroxylation is 3. The third kappa shape index (κ3) is 2.14. The van der Waals surface area contributed by atoms with Crippen LogP contribution < -0.4 is 5.32 Å². The van der Waals surface area contributed by atoms with Crippen LogP contribution in [-0.2, 0) is 13.1 Å². The summed E-state index contributed by atoms with van der Waals surface area (Å²) in [6, 6.07) is 0. The van der Waals surface area contributed by atoms with E-state index in [-0.39, 0.29) is 0 Å². The van der Waals surface area contributed by atoms with Gasteiger partial charge in [-0.25, -0.2) is 4.98 Å². The minimum absolute atomic E-state index is 0.749. The molecule has 0 unspecified atom stereocenters. The molecule has 0 saturated heterocycles. The molecule has 2 N–H and O–H groups in total. The Labute approximate surface area is 94.3 Å². The van der Waals surface area contributed by atoms with Crippen LogP contribution in [0.15, 0.2) is 10.9 Å². The van der Waals surface area contributed by atoms with E-state index in [0.717, 1.165) is 41.5 Å². The van der Waals surface area contributed by atoms with Gasteiger partial charge in [-0.15, -0.1) is 0 Å². The third-order valence-electron chi connectivity index (χ3n) is 2.71. The number of aromatic amines is 1. The lowest BCUT2D eigenvalue weighted by molar-refractivity contribution is 0.392. The summed E-state index contributed by atoms with van der Waals surface area (Å²) in [5, 5.41) is 7.24. The van der Waals surface area contributed by atoms with Crippen molar-refractivity contribution in [1.29, 1.82) is 0 Å². The molecule has 5 nitrogen and oxygen atoms in total. The maximum atomic E-state index is 5.09. The standard InChI is InChI=1S/C11H16N4O/c1-7-10(9(3)16-15-7)4-12-5-11-8(2)13-6-14-11/h6,12H,4-5H2,1-3H3,(H,13,14). The van der Waals surface area contributed by atoms with Gasteiger partial charge in [0.1, 0.15) is 5.76 Å². The van der Waals surface area contributed by atoms with Crippen LogP contribution in [0.3, 0.4) is 0 Å². The highest BCUT2D eigenvalue weighted by Gasteiger charge is 2.08. The maximum absolute atomic E-state index is 5.09. The highest BCUT2D eigenvalue weighted by atomic mass is 16.5. The number of nitrogens with one attached hydrogen (secondary N) is 2. The molecular weight excluding hydrogens is 204 g/mol. The molecule has 0 atom stereocenters. The zero-order chi connectivity index (χ0) is 11.5. The second-order valence-corrected chi connectivity index (χ2v) is 3.88. The molecule has 2 rings (SSSR count). The van der Waals surface area contributed by atoms with Gasteiger partial charge in [-0.2, -0.15) is 0 Å². The van der Waals surface area contributed by atoms with Gasteiger partial charge in [0.2, 0.25) is 0 Å². The molecule has 0 aliphatic carbocycles. The fourth-order valence-electron chi connectivity index (χ4n) is 1.63. The van der Waals surface area contributed by atoms with Crippen LogP contribution in [0.2, 0.25) is 0 Å². The number of hydrogen-bond acceptors (Lipinski definition) is 4. The molecule has 2 aromatic heterocycles. The average Bonchev–Trinajstić information content (AvgIpc) is 2.79. The quantitative estimate of drug-likeness (QED) is 0.821. The Morgan fingerprint density at radius 3 is 2.69 bits per heavy atom. The molecular formula is C11H16N4O. The Bertz CT molecular complexity index is 453. The molecule has 0 fully saturated rings. The summed E-state index contributed by atoms with van der Waals surface area (Å²) >= 11 is 0. The van der Waals surface area contributed by atoms with Gasteiger partial charge in [0.25, 0.3) is 0 Å². The lowest BCUT2D eigenvalue weighted by Gasteiger charge is -2.02. The molecule has 0 aliphatic heterocycles. The highest BCUT2D eigenvalue weighted by Crippen LogP contribution is 2.11. The third-order valence-corrected chi connectivity index (χ3v) is 2.71. The summed E-state index contributed by atoms with van der Waals surface area (Å²) in [4.78, 5) is 7.28. The first kappa shape index (κ1) is 10.9. The van der Waals surface area contributed by atoms with Gasteiger partial charge in [0.15, 0.2) is 0 Å². The topological polar surface area (TPSA) is 66.7 Å². The minimum atomic E-state index is 0.749. The number of H-pyrrole nitrogens is 1. The summed E-state index contributed by atoms with van der Waals surface area (Å²) < 4.78 is 5.09. The van der Waals surface area contributed by atoms with E-state index in [1.165, 1.54) is 0 Å². The zero-order valence-corrected chi connectivity index (χ0v) is 9.79. The molecule has 0 aromatic carbocycles. The van der Waals surface area contributed by atoms with E-state index >= 15 is 0 Å². The van der Waals surface area contributed by atoms with Crippen molar-refractivity contribution < 1.29 is 4.52 Å². The second kappa shape index (κ2) is 4.49. The highest BCUT2D eigenvalue weighted by molar-refractivity contribution is 5.20. The first-order chi connectivity index (χ1) is 7.68. The summed E-state index contributed by atoms with van der Waals surface area (Å²) in [7, 11) is 0. The first-order valence-corrected chi connectivity index (χ1v) is 5.29. The number of hydrogen-bond donors (Lipinski definition) is 2. The molecule has 16 heavy (non-hydrogen) atoms. The SMILES string of the molecule is Cc1noc(C)c1CNCc1nc[nH]c1C. The van der Waals surface area contributed by atoms with Gasteiger partial charge >= 0.3 is 0 Å². The van der Waals surface area contributed by atoms with Gasteiger partial charge in [0, 0.05) is 24.3 Å². The van der Waals surface area contributed by atoms with Gasteiger partial charge in [-0.1, -0.05) is 5.16 Å². The Balaban J connectivity index is 1.92. The summed E-state index contributed by atoms with van der Waals surface area (Å²) in [6.45, 7) is 7.40. The van der Waals surface area contributed by atoms with Crippen molar-refractivity contribution in [2.45, 2.75) is 33.9 Å². The predicted octanol–water partition coefficient (Wildman–Crippen LogP) is 1.61. The molecule has 86 valence electrons. The molecule has 5 heteroatoms. The predicted molar refractivity (Wildman–Crippen MR) is 59.8 cm³/mol. The van der Waals surface area contributed by atoms with E-state index in [0.29, 0.717) is 0 Å². The molecule has 0 bridgehead atoms. The molecule has 0 saturated carbocycles. The van der Waals surface area contributed by atoms with Crippen molar-refractivity contribution in [2.24, 2.45) is 0 Å². The van der Waals surface area contributed by atoms with E-state index in [4.69, 9.17) is 4.52 Å². The van der Waals surface area contributed by atoms with E-state index in [9.17, 15) is 0 Å². The summed E-state index contributed by atoms with van der Waals surface area (Å²) in [6.07, 6.45) is 1.71. The van der Waals surface area contributed by atoms with E-state index in [1.54, 1.807) is 6.33 Å². The average molecular weight is 220 g/mol. The van der Waals surface area contributed by atoms with Gasteiger partial charge in [0.05, 0.1) is 17.7 Å². The maximum Gasteiger partial charge on any atom is 0.138 e. The number of aromatic nitrogens is 3. The Hall–Kier alpha value is -1.62. The largest absolute Gasteiger partial charge is 0.361 e. The van der Waals surface area contributed by atoms with Gasteiger partial charge in [-0.05, 0) is 20.8 Å². The lowest BCUT2D eigenvalue weighted by atomic mass is 10.2. The Kier molecular flexibility index (Phi) is 3.05. The number of rotatable bonds is 4. The van der Waals surface area contributed by atoms with Crippen molar-refractivity contribution in [3.05, 3.63) is 34.7 Å². The Morgan fingerprint density at radius 2 is 2.12 bits per heavy atom. The van der Waals surface area contributed by atoms with E-state index < -0.39 is 0 Å². The van der Waals surface area contributed by atoms with Crippen LogP contribution in [0.1, 0.15) is 28.4 Å². The van der Waals surface area contributed by atoms with Crippen LogP contribution in [-0.4, -0.2) is 15.1 Å². The summed E-state index contributed by atoms with van der Waals surface area (Å²) in [5.74, 6) is 0.878. The summed E-state index contributed by atoms with van der Waals surface area (Å²) in [5.41, 5.74) is 4.23. The molecule has 0 spiro atoms. The van der Waals surface area contributed by atoms with Crippen LogP contribution >= 0.6 is 0 Å². The second-order valence-electron chi connectivity index (χ2n) is 3.88. The first-order valence-electron chi connectivity index (χ1n) is 5.29. The zero-order valence-electron chi connectivity index (χ0n) is 9.79. The molecule has 0 aliphatic rings. The molecule has 2 heterocycles. The van der Waals surface area contributed by atoms with Crippen molar-refractivity contribution in [3.63, 3.8) is 0 Å². The van der Waals surface area contributed by atoms with Crippen molar-refractivity contribution in [2.75, 3.05) is 0 Å². The van der Waals surface area contributed by atoms with Crippen molar-refractivity contribution in [1.82, 2.24) is 20.4 Å². The minimum Gasteiger partial charge on any atom is -0.361 e. The smallest absolute Gasteiger partial charge is 0.138 e. The lowest BCUT2D eigenvalue weighted by Crippen LogP contribution is -2.14. The van der Waals surface area contributed by atoms with Crippen LogP contribution in [0.5, 0.6) is 0 Å². The van der Waals surface area contributed by atoms with E-state index in [2.05, 4.69) is 20.4 Å². The van der Waals surface area contributed by atoms with Crippen LogP contribution in [0, 0.1) is 20.8 Å². The molecule has 0 amide bonds. The van der Waals surface area contributed by atoms with Crippen LogP contribution in [0.25, 0.3) is 0 Å². The van der Waals surface area contributed by atoms with Crippen molar-refractivity contribution >= 4 is 0 Å². The fourth-order valence-corrected chi connectivity index (χ4v) is 1.63. The monoisotopic (exact) mass is 220 g/mol. The van der Waals surface area contributed by atoms with Crippen molar-refractivity contribution in [3.8, 4) is 0 Å². The Morgan fingerprint density at radius 1 is 1.31 bits per heavy atom. The number of nitrogens with zero attached hydrogens (tertiary/aromatic N) is 2. The van der Waals surface area contributed by atoms with Gasteiger partial charge in [-0.3, -0.25) is 0 Å². The molecule has 0 radical (unpaired) electrons. The van der Waals surface area contributed by atoms with Gasteiger partial charge < -0.3 is 14.8 Å².